The SMILES string of the molecule is C=CCC[C@H](N)c1cccc(OC)c1F.Cl. The van der Waals surface area contributed by atoms with E-state index in [1.165, 1.54) is 7.11 Å². The lowest BCUT2D eigenvalue weighted by atomic mass is 10.0. The van der Waals surface area contributed by atoms with E-state index in [9.17, 15) is 4.39 Å². The number of benzene rings is 1. The van der Waals surface area contributed by atoms with Crippen LogP contribution in [0.1, 0.15) is 24.4 Å². The predicted molar refractivity (Wildman–Crippen MR) is 66.6 cm³/mol. The molecule has 90 valence electrons. The summed E-state index contributed by atoms with van der Waals surface area (Å²) in [6.07, 6.45) is 3.24. The van der Waals surface area contributed by atoms with E-state index in [2.05, 4.69) is 6.58 Å². The lowest BCUT2D eigenvalue weighted by Gasteiger charge is -2.13. The number of rotatable bonds is 5. The van der Waals surface area contributed by atoms with Gasteiger partial charge < -0.3 is 10.5 Å². The molecule has 0 fully saturated rings. The Hall–Kier alpha value is -1.06. The smallest absolute Gasteiger partial charge is 0.169 e. The van der Waals surface area contributed by atoms with E-state index < -0.39 is 0 Å². The van der Waals surface area contributed by atoms with Gasteiger partial charge in [0.25, 0.3) is 0 Å². The Labute approximate surface area is 102 Å². The first-order valence-corrected chi connectivity index (χ1v) is 4.89. The average Bonchev–Trinajstić information content (AvgIpc) is 2.26. The number of allylic oxidation sites excluding steroid dienone is 1. The zero-order valence-electron chi connectivity index (χ0n) is 9.28. The van der Waals surface area contributed by atoms with Crippen LogP contribution in [-0.4, -0.2) is 7.11 Å². The van der Waals surface area contributed by atoms with Gasteiger partial charge in [-0.1, -0.05) is 18.2 Å². The molecule has 16 heavy (non-hydrogen) atoms. The molecule has 1 rings (SSSR count). The molecule has 1 atom stereocenters. The van der Waals surface area contributed by atoms with Crippen LogP contribution >= 0.6 is 12.4 Å². The molecule has 0 saturated carbocycles. The van der Waals surface area contributed by atoms with Crippen molar-refractivity contribution in [3.05, 3.63) is 42.2 Å². The van der Waals surface area contributed by atoms with Gasteiger partial charge in [0.2, 0.25) is 0 Å². The van der Waals surface area contributed by atoms with Crippen LogP contribution in [0, 0.1) is 5.82 Å². The highest BCUT2D eigenvalue weighted by Gasteiger charge is 2.13. The lowest BCUT2D eigenvalue weighted by Crippen LogP contribution is -2.12. The predicted octanol–water partition coefficient (Wildman–Crippen LogP) is 3.22. The molecule has 1 aromatic rings. The Morgan fingerprint density at radius 3 is 2.81 bits per heavy atom. The summed E-state index contributed by atoms with van der Waals surface area (Å²) in [7, 11) is 1.44. The molecule has 0 aliphatic carbocycles. The molecule has 0 amide bonds. The van der Waals surface area contributed by atoms with E-state index in [0.717, 1.165) is 6.42 Å². The first kappa shape index (κ1) is 14.9. The highest BCUT2D eigenvalue weighted by molar-refractivity contribution is 5.85. The van der Waals surface area contributed by atoms with Gasteiger partial charge >= 0.3 is 0 Å². The minimum atomic E-state index is -0.364. The molecule has 0 heterocycles. The molecule has 0 aliphatic heterocycles. The molecule has 0 radical (unpaired) electrons. The Kier molecular flexibility index (Phi) is 6.77. The van der Waals surface area contributed by atoms with Crippen molar-refractivity contribution in [2.45, 2.75) is 18.9 Å². The van der Waals surface area contributed by atoms with Gasteiger partial charge in [-0.15, -0.1) is 19.0 Å². The van der Waals surface area contributed by atoms with Crippen LogP contribution in [0.15, 0.2) is 30.9 Å². The Morgan fingerprint density at radius 2 is 2.25 bits per heavy atom. The summed E-state index contributed by atoms with van der Waals surface area (Å²) >= 11 is 0. The molecule has 1 aromatic carbocycles. The summed E-state index contributed by atoms with van der Waals surface area (Å²) in [4.78, 5) is 0. The highest BCUT2D eigenvalue weighted by Crippen LogP contribution is 2.25. The fraction of sp³-hybridized carbons (Fsp3) is 0.333. The Morgan fingerprint density at radius 1 is 1.56 bits per heavy atom. The minimum absolute atomic E-state index is 0. The Balaban J connectivity index is 0.00000225. The van der Waals surface area contributed by atoms with E-state index in [4.69, 9.17) is 10.5 Å². The fourth-order valence-corrected chi connectivity index (χ4v) is 1.42. The lowest BCUT2D eigenvalue weighted by molar-refractivity contribution is 0.381. The molecule has 0 aromatic heterocycles. The first-order valence-electron chi connectivity index (χ1n) is 4.89. The van der Waals surface area contributed by atoms with Crippen LogP contribution in [0.25, 0.3) is 0 Å². The van der Waals surface area contributed by atoms with Crippen LogP contribution in [0.5, 0.6) is 5.75 Å². The number of hydrogen-bond acceptors (Lipinski definition) is 2. The molecule has 0 aliphatic rings. The van der Waals surface area contributed by atoms with Crippen LogP contribution in [0.2, 0.25) is 0 Å². The van der Waals surface area contributed by atoms with E-state index >= 15 is 0 Å². The molecule has 2 nitrogen and oxygen atoms in total. The molecular weight excluding hydrogens is 229 g/mol. The number of halogens is 2. The van der Waals surface area contributed by atoms with Gasteiger partial charge in [0.15, 0.2) is 11.6 Å². The third kappa shape index (κ3) is 3.51. The van der Waals surface area contributed by atoms with Gasteiger partial charge in [-0.05, 0) is 18.9 Å². The number of nitrogens with two attached hydrogens (primary N) is 1. The van der Waals surface area contributed by atoms with E-state index in [-0.39, 0.29) is 30.0 Å². The van der Waals surface area contributed by atoms with Gasteiger partial charge in [-0.2, -0.15) is 0 Å². The highest BCUT2D eigenvalue weighted by atomic mass is 35.5. The van der Waals surface area contributed by atoms with Gasteiger partial charge in [-0.3, -0.25) is 0 Å². The second kappa shape index (κ2) is 7.25. The maximum Gasteiger partial charge on any atom is 0.169 e. The fourth-order valence-electron chi connectivity index (χ4n) is 1.42. The molecule has 0 bridgehead atoms. The summed E-state index contributed by atoms with van der Waals surface area (Å²) in [5.74, 6) is -0.127. The summed E-state index contributed by atoms with van der Waals surface area (Å²) in [6, 6.07) is 4.70. The summed E-state index contributed by atoms with van der Waals surface area (Å²) in [6.45, 7) is 3.61. The third-order valence-electron chi connectivity index (χ3n) is 2.29. The average molecular weight is 246 g/mol. The van der Waals surface area contributed by atoms with Crippen LogP contribution in [0.3, 0.4) is 0 Å². The topological polar surface area (TPSA) is 35.2 Å². The molecule has 0 spiro atoms. The van der Waals surface area contributed by atoms with E-state index in [1.54, 1.807) is 24.3 Å². The van der Waals surface area contributed by atoms with Crippen molar-refractivity contribution in [2.75, 3.05) is 7.11 Å². The quantitative estimate of drug-likeness (QED) is 0.809. The minimum Gasteiger partial charge on any atom is -0.494 e. The van der Waals surface area contributed by atoms with Crippen molar-refractivity contribution in [3.8, 4) is 5.75 Å². The molecule has 0 unspecified atom stereocenters. The zero-order valence-corrected chi connectivity index (χ0v) is 10.1. The maximum absolute atomic E-state index is 13.7. The summed E-state index contributed by atoms with van der Waals surface area (Å²) in [5, 5.41) is 0. The van der Waals surface area contributed by atoms with Crippen molar-refractivity contribution in [2.24, 2.45) is 5.73 Å². The summed E-state index contributed by atoms with van der Waals surface area (Å²) in [5.41, 5.74) is 6.36. The maximum atomic E-state index is 13.7. The van der Waals surface area contributed by atoms with E-state index in [1.807, 2.05) is 0 Å². The van der Waals surface area contributed by atoms with Crippen LogP contribution in [-0.2, 0) is 0 Å². The van der Waals surface area contributed by atoms with Crippen molar-refractivity contribution >= 4 is 12.4 Å². The normalized spacial score (nSPS) is 11.4. The monoisotopic (exact) mass is 245 g/mol. The van der Waals surface area contributed by atoms with Crippen molar-refractivity contribution in [3.63, 3.8) is 0 Å². The first-order chi connectivity index (χ1) is 7.20. The third-order valence-corrected chi connectivity index (χ3v) is 2.29. The molecule has 4 heteroatoms. The largest absolute Gasteiger partial charge is 0.494 e. The van der Waals surface area contributed by atoms with Crippen LogP contribution in [0.4, 0.5) is 4.39 Å². The van der Waals surface area contributed by atoms with E-state index in [0.29, 0.717) is 12.0 Å². The second-order valence-corrected chi connectivity index (χ2v) is 3.34. The van der Waals surface area contributed by atoms with Crippen LogP contribution < -0.4 is 10.5 Å². The van der Waals surface area contributed by atoms with Crippen molar-refractivity contribution in [1.29, 1.82) is 0 Å². The van der Waals surface area contributed by atoms with Gasteiger partial charge in [0, 0.05) is 11.6 Å². The number of hydrogen-bond donors (Lipinski definition) is 1. The number of ether oxygens (including phenoxy) is 1. The van der Waals surface area contributed by atoms with Crippen molar-refractivity contribution in [1.82, 2.24) is 0 Å². The number of methoxy groups -OCH3 is 1. The van der Waals surface area contributed by atoms with Gasteiger partial charge in [0.1, 0.15) is 0 Å². The molecule has 2 N–H and O–H groups in total. The summed E-state index contributed by atoms with van der Waals surface area (Å²) < 4.78 is 18.6. The second-order valence-electron chi connectivity index (χ2n) is 3.34. The van der Waals surface area contributed by atoms with Gasteiger partial charge in [0.05, 0.1) is 7.11 Å². The standard InChI is InChI=1S/C12H16FNO.ClH/c1-3-4-7-10(14)9-6-5-8-11(15-2)12(9)13;/h3,5-6,8,10H,1,4,7,14H2,2H3;1H/t10-;/m0./s1. The van der Waals surface area contributed by atoms with Gasteiger partial charge in [-0.25, -0.2) is 4.39 Å². The molecule has 0 saturated heterocycles. The molecular formula is C12H17ClFNO. The van der Waals surface area contributed by atoms with Crippen molar-refractivity contribution < 1.29 is 9.13 Å². The Bertz CT molecular complexity index is 344. The zero-order chi connectivity index (χ0) is 11.3.